The standard InChI is InChI=1S/C14H13NO6S.Na/c16-12-7-10-6-11(13(14(17)18)15(10)12)21-22(19,20)8-9-4-2-1-3-5-9;/h1-5,10H,6-8H2,(H,17,18);/q;+1/p-1. The zero-order chi connectivity index (χ0) is 15.9. The molecule has 1 fully saturated rings. The number of rotatable bonds is 5. The van der Waals surface area contributed by atoms with E-state index in [2.05, 4.69) is 0 Å². The summed E-state index contributed by atoms with van der Waals surface area (Å²) in [5.74, 6) is -2.59. The van der Waals surface area contributed by atoms with Gasteiger partial charge in [0.1, 0.15) is 17.2 Å². The van der Waals surface area contributed by atoms with Crippen molar-refractivity contribution in [3.63, 3.8) is 0 Å². The van der Waals surface area contributed by atoms with E-state index in [-0.39, 0.29) is 65.9 Å². The Bertz CT molecular complexity index is 774. The molecule has 2 aliphatic heterocycles. The number of carbonyl (C=O) groups is 2. The summed E-state index contributed by atoms with van der Waals surface area (Å²) in [5.41, 5.74) is 0.0494. The third-order valence-corrected chi connectivity index (χ3v) is 4.72. The number of carbonyl (C=O) groups excluding carboxylic acids is 2. The molecule has 0 saturated carbocycles. The van der Waals surface area contributed by atoms with Gasteiger partial charge in [0.2, 0.25) is 5.91 Å². The van der Waals surface area contributed by atoms with Gasteiger partial charge in [-0.3, -0.25) is 4.79 Å². The SMILES string of the molecule is O=C([O-])C1=C(OS(=O)(=O)Cc2ccccc2)CC2CC(=O)N12.[Na+]. The Balaban J connectivity index is 0.00000192. The first-order chi connectivity index (χ1) is 10.4. The molecule has 0 radical (unpaired) electrons. The fraction of sp³-hybridized carbons (Fsp3) is 0.286. The minimum atomic E-state index is -4.01. The van der Waals surface area contributed by atoms with Crippen molar-refractivity contribution < 1.29 is 56.9 Å². The first kappa shape index (κ1) is 18.0. The monoisotopic (exact) mass is 345 g/mol. The van der Waals surface area contributed by atoms with Crippen LogP contribution in [0, 0.1) is 0 Å². The second kappa shape index (κ2) is 6.64. The second-order valence-electron chi connectivity index (χ2n) is 5.16. The minimum absolute atomic E-state index is 0. The number of aliphatic carboxylic acids is 1. The van der Waals surface area contributed by atoms with Crippen molar-refractivity contribution in [2.75, 3.05) is 0 Å². The van der Waals surface area contributed by atoms with Gasteiger partial charge < -0.3 is 19.0 Å². The van der Waals surface area contributed by atoms with Crippen molar-refractivity contribution in [1.82, 2.24) is 4.90 Å². The van der Waals surface area contributed by atoms with Gasteiger partial charge in [-0.2, -0.15) is 8.42 Å². The molecular formula is C14H12NNaO6S. The van der Waals surface area contributed by atoms with Crippen molar-refractivity contribution in [3.05, 3.63) is 47.4 Å². The maximum atomic E-state index is 12.1. The van der Waals surface area contributed by atoms with Crippen LogP contribution in [0.4, 0.5) is 0 Å². The molecule has 1 aromatic carbocycles. The van der Waals surface area contributed by atoms with Gasteiger partial charge in [-0.1, -0.05) is 30.3 Å². The van der Waals surface area contributed by atoms with Crippen LogP contribution in [0.2, 0.25) is 0 Å². The molecule has 1 amide bonds. The smallest absolute Gasteiger partial charge is 0.543 e. The summed E-state index contributed by atoms with van der Waals surface area (Å²) in [6.45, 7) is 0. The number of amides is 1. The predicted octanol–water partition coefficient (Wildman–Crippen LogP) is -3.50. The minimum Gasteiger partial charge on any atom is -0.543 e. The second-order valence-corrected chi connectivity index (χ2v) is 6.73. The number of benzene rings is 1. The number of fused-ring (bicyclic) bond motifs is 1. The van der Waals surface area contributed by atoms with Crippen LogP contribution < -0.4 is 34.7 Å². The maximum absolute atomic E-state index is 12.1. The van der Waals surface area contributed by atoms with Crippen LogP contribution in [0.1, 0.15) is 18.4 Å². The molecule has 0 bridgehead atoms. The van der Waals surface area contributed by atoms with Gasteiger partial charge in [-0.25, -0.2) is 0 Å². The fourth-order valence-corrected chi connectivity index (χ4v) is 3.76. The van der Waals surface area contributed by atoms with Gasteiger partial charge in [0.05, 0.1) is 12.0 Å². The van der Waals surface area contributed by atoms with Crippen LogP contribution in [-0.4, -0.2) is 31.2 Å². The van der Waals surface area contributed by atoms with Gasteiger partial charge in [-0.05, 0) is 5.56 Å². The van der Waals surface area contributed by atoms with E-state index in [1.165, 1.54) is 0 Å². The van der Waals surface area contributed by atoms with Gasteiger partial charge in [0, 0.05) is 12.8 Å². The van der Waals surface area contributed by atoms with Crippen molar-refractivity contribution >= 4 is 22.0 Å². The molecule has 0 N–H and O–H groups in total. The molecule has 1 unspecified atom stereocenters. The molecule has 23 heavy (non-hydrogen) atoms. The quantitative estimate of drug-likeness (QED) is 0.312. The Morgan fingerprint density at radius 2 is 1.91 bits per heavy atom. The van der Waals surface area contributed by atoms with E-state index in [1.54, 1.807) is 30.3 Å². The maximum Gasteiger partial charge on any atom is 1.00 e. The zero-order valence-corrected chi connectivity index (χ0v) is 15.2. The third-order valence-electron chi connectivity index (χ3n) is 3.58. The molecule has 0 aliphatic carbocycles. The third kappa shape index (κ3) is 3.60. The van der Waals surface area contributed by atoms with Crippen molar-refractivity contribution in [3.8, 4) is 0 Å². The first-order valence-corrected chi connectivity index (χ1v) is 8.18. The van der Waals surface area contributed by atoms with Crippen LogP contribution in [0.3, 0.4) is 0 Å². The van der Waals surface area contributed by atoms with E-state index >= 15 is 0 Å². The van der Waals surface area contributed by atoms with Gasteiger partial charge in [0.15, 0.2) is 0 Å². The number of carboxylic acid groups (broad SMARTS) is 1. The van der Waals surface area contributed by atoms with Crippen LogP contribution in [0.5, 0.6) is 0 Å². The molecule has 7 nitrogen and oxygen atoms in total. The number of β-lactam (4-membered cyclic amide) rings is 1. The number of carboxylic acids is 1. The summed E-state index contributed by atoms with van der Waals surface area (Å²) in [7, 11) is -4.01. The molecule has 3 rings (SSSR count). The molecule has 2 aliphatic rings. The zero-order valence-electron chi connectivity index (χ0n) is 12.4. The molecule has 0 spiro atoms. The van der Waals surface area contributed by atoms with Crippen LogP contribution in [-0.2, 0) is 29.6 Å². The molecule has 1 aromatic rings. The van der Waals surface area contributed by atoms with E-state index in [0.29, 0.717) is 5.56 Å². The Morgan fingerprint density at radius 3 is 2.48 bits per heavy atom. The first-order valence-electron chi connectivity index (χ1n) is 6.60. The van der Waals surface area contributed by atoms with E-state index < -0.39 is 21.8 Å². The van der Waals surface area contributed by atoms with Crippen molar-refractivity contribution in [2.24, 2.45) is 0 Å². The van der Waals surface area contributed by atoms with Crippen LogP contribution in [0.15, 0.2) is 41.8 Å². The fourth-order valence-electron chi connectivity index (χ4n) is 2.64. The summed E-state index contributed by atoms with van der Waals surface area (Å²) in [5, 5.41) is 11.2. The topological polar surface area (TPSA) is 104 Å². The summed E-state index contributed by atoms with van der Waals surface area (Å²) >= 11 is 0. The molecular weight excluding hydrogens is 333 g/mol. The van der Waals surface area contributed by atoms with Gasteiger partial charge >= 0.3 is 39.7 Å². The number of nitrogens with zero attached hydrogens (tertiary/aromatic N) is 1. The van der Waals surface area contributed by atoms with Crippen LogP contribution >= 0.6 is 0 Å². The summed E-state index contributed by atoms with van der Waals surface area (Å²) < 4.78 is 29.1. The average molecular weight is 345 g/mol. The number of hydrogen-bond donors (Lipinski definition) is 0. The average Bonchev–Trinajstić information content (AvgIpc) is 2.71. The molecule has 1 saturated heterocycles. The Kier molecular flexibility index (Phi) is 5.20. The molecule has 9 heteroatoms. The summed E-state index contributed by atoms with van der Waals surface area (Å²) in [6, 6.07) is 8.04. The van der Waals surface area contributed by atoms with Crippen LogP contribution in [0.25, 0.3) is 0 Å². The largest absolute Gasteiger partial charge is 1.00 e. The molecule has 0 aromatic heterocycles. The Morgan fingerprint density at radius 1 is 1.26 bits per heavy atom. The van der Waals surface area contributed by atoms with Crippen molar-refractivity contribution in [2.45, 2.75) is 24.6 Å². The van der Waals surface area contributed by atoms with E-state index in [9.17, 15) is 23.1 Å². The molecule has 1 atom stereocenters. The Labute approximate surface area is 155 Å². The van der Waals surface area contributed by atoms with Gasteiger partial charge in [0.25, 0.3) is 0 Å². The number of hydrogen-bond acceptors (Lipinski definition) is 6. The summed E-state index contributed by atoms with van der Waals surface area (Å²) in [4.78, 5) is 23.6. The van der Waals surface area contributed by atoms with Gasteiger partial charge in [-0.15, -0.1) is 0 Å². The normalized spacial score (nSPS) is 19.7. The van der Waals surface area contributed by atoms with Crippen molar-refractivity contribution in [1.29, 1.82) is 0 Å². The predicted molar refractivity (Wildman–Crippen MR) is 72.1 cm³/mol. The molecule has 116 valence electrons. The van der Waals surface area contributed by atoms with E-state index in [4.69, 9.17) is 4.18 Å². The summed E-state index contributed by atoms with van der Waals surface area (Å²) in [6.07, 6.45) is 0.255. The molecule has 2 heterocycles. The van der Waals surface area contributed by atoms with E-state index in [0.717, 1.165) is 4.90 Å². The van der Waals surface area contributed by atoms with E-state index in [1.807, 2.05) is 0 Å². The Hall–Kier alpha value is -1.35.